The van der Waals surface area contributed by atoms with Crippen LogP contribution in [0.1, 0.15) is 18.3 Å². The number of hydrogen-bond donors (Lipinski definition) is 1. The van der Waals surface area contributed by atoms with Crippen LogP contribution in [-0.4, -0.2) is 15.0 Å². The summed E-state index contributed by atoms with van der Waals surface area (Å²) in [5, 5.41) is 0.464. The van der Waals surface area contributed by atoms with Gasteiger partial charge in [-0.1, -0.05) is 24.4 Å². The van der Waals surface area contributed by atoms with Crippen molar-refractivity contribution < 1.29 is 0 Å². The number of halogens is 1. The quantitative estimate of drug-likeness (QED) is 0.600. The number of nitrogens with zero attached hydrogens (tertiary/aromatic N) is 2. The molecule has 2 aromatic rings. The first-order valence-electron chi connectivity index (χ1n) is 4.71. The number of hydrogen-bond acceptors (Lipinski definition) is 3. The highest BCUT2D eigenvalue weighted by molar-refractivity contribution is 6.31. The lowest BCUT2D eigenvalue weighted by molar-refractivity contribution is 0.942. The van der Waals surface area contributed by atoms with Gasteiger partial charge in [-0.15, -0.1) is 6.42 Å². The monoisotopic (exact) mass is 233 g/mol. The molecule has 2 rings (SSSR count). The second-order valence-electron chi connectivity index (χ2n) is 3.19. The Balaban J connectivity index is 2.96. The summed E-state index contributed by atoms with van der Waals surface area (Å²) in [4.78, 5) is 22.6. The van der Waals surface area contributed by atoms with Crippen LogP contribution >= 0.6 is 11.6 Å². The van der Waals surface area contributed by atoms with Crippen molar-refractivity contribution in [3.05, 3.63) is 33.1 Å². The molecule has 2 aromatic heterocycles. The summed E-state index contributed by atoms with van der Waals surface area (Å²) in [7, 11) is 0. The molecule has 0 atom stereocenters. The highest BCUT2D eigenvalue weighted by Crippen LogP contribution is 2.18. The van der Waals surface area contributed by atoms with Crippen molar-refractivity contribution in [2.24, 2.45) is 0 Å². The number of nitrogens with one attached hydrogen (secondary N) is 1. The molecule has 0 radical (unpaired) electrons. The SMILES string of the molecule is C#Cc1c(Cl)ncc2nc(CC)[nH]c(=O)c12. The van der Waals surface area contributed by atoms with Gasteiger partial charge in [0.05, 0.1) is 22.7 Å². The first-order chi connectivity index (χ1) is 7.67. The van der Waals surface area contributed by atoms with Gasteiger partial charge in [0.15, 0.2) is 0 Å². The number of H-pyrrole nitrogens is 1. The van der Waals surface area contributed by atoms with Crippen molar-refractivity contribution in [3.8, 4) is 12.3 Å². The molecule has 0 aromatic carbocycles. The first-order valence-corrected chi connectivity index (χ1v) is 5.09. The summed E-state index contributed by atoms with van der Waals surface area (Å²) >= 11 is 5.81. The standard InChI is InChI=1S/C11H8ClN3O/c1-3-6-9-7(5-13-10(6)12)14-8(4-2)15-11(9)16/h1,5H,4H2,2H3,(H,14,15,16). The zero-order valence-electron chi connectivity index (χ0n) is 8.54. The Bertz CT molecular complexity index is 655. The average molecular weight is 234 g/mol. The maximum absolute atomic E-state index is 11.8. The molecule has 16 heavy (non-hydrogen) atoms. The second kappa shape index (κ2) is 3.95. The zero-order valence-corrected chi connectivity index (χ0v) is 9.30. The fraction of sp³-hybridized carbons (Fsp3) is 0.182. The Morgan fingerprint density at radius 2 is 2.38 bits per heavy atom. The minimum absolute atomic E-state index is 0.145. The highest BCUT2D eigenvalue weighted by atomic mass is 35.5. The summed E-state index contributed by atoms with van der Waals surface area (Å²) in [5.41, 5.74) is 0.479. The largest absolute Gasteiger partial charge is 0.310 e. The molecule has 1 N–H and O–H groups in total. The number of aryl methyl sites for hydroxylation is 1. The van der Waals surface area contributed by atoms with Crippen LogP contribution in [0.25, 0.3) is 10.9 Å². The van der Waals surface area contributed by atoms with E-state index < -0.39 is 0 Å². The van der Waals surface area contributed by atoms with Crippen LogP contribution in [0.5, 0.6) is 0 Å². The van der Waals surface area contributed by atoms with E-state index in [-0.39, 0.29) is 16.3 Å². The molecule has 0 aliphatic heterocycles. The van der Waals surface area contributed by atoms with E-state index in [2.05, 4.69) is 20.9 Å². The van der Waals surface area contributed by atoms with Gasteiger partial charge in [0.1, 0.15) is 11.0 Å². The number of aromatic nitrogens is 3. The molecule has 4 nitrogen and oxygen atoms in total. The molecule has 0 unspecified atom stereocenters. The lowest BCUT2D eigenvalue weighted by Crippen LogP contribution is -2.13. The van der Waals surface area contributed by atoms with Gasteiger partial charge >= 0.3 is 0 Å². The third-order valence-electron chi connectivity index (χ3n) is 2.23. The fourth-order valence-corrected chi connectivity index (χ4v) is 1.66. The Hall–Kier alpha value is -1.86. The highest BCUT2D eigenvalue weighted by Gasteiger charge is 2.10. The summed E-state index contributed by atoms with van der Waals surface area (Å²) in [5.74, 6) is 2.96. The minimum atomic E-state index is -0.279. The second-order valence-corrected chi connectivity index (χ2v) is 3.55. The smallest absolute Gasteiger partial charge is 0.260 e. The predicted molar refractivity (Wildman–Crippen MR) is 62.5 cm³/mol. The molecule has 0 fully saturated rings. The Kier molecular flexibility index (Phi) is 2.63. The third-order valence-corrected chi connectivity index (χ3v) is 2.52. The topological polar surface area (TPSA) is 58.6 Å². The molecule has 0 amide bonds. The van der Waals surface area contributed by atoms with E-state index >= 15 is 0 Å². The van der Waals surface area contributed by atoms with Gasteiger partial charge in [0.2, 0.25) is 0 Å². The minimum Gasteiger partial charge on any atom is -0.310 e. The van der Waals surface area contributed by atoms with Gasteiger partial charge in [-0.05, 0) is 0 Å². The van der Waals surface area contributed by atoms with Crippen molar-refractivity contribution in [3.63, 3.8) is 0 Å². The molecular weight excluding hydrogens is 226 g/mol. The Morgan fingerprint density at radius 1 is 1.62 bits per heavy atom. The zero-order chi connectivity index (χ0) is 11.7. The van der Waals surface area contributed by atoms with Crippen LogP contribution in [-0.2, 0) is 6.42 Å². The van der Waals surface area contributed by atoms with Gasteiger partial charge in [0, 0.05) is 6.42 Å². The molecule has 0 bridgehead atoms. The maximum atomic E-state index is 11.8. The van der Waals surface area contributed by atoms with Crippen LogP contribution < -0.4 is 5.56 Å². The summed E-state index contributed by atoms with van der Waals surface area (Å²) in [6, 6.07) is 0. The molecule has 5 heteroatoms. The van der Waals surface area contributed by atoms with Crippen molar-refractivity contribution in [2.75, 3.05) is 0 Å². The molecule has 0 saturated heterocycles. The van der Waals surface area contributed by atoms with E-state index in [1.165, 1.54) is 6.20 Å². The summed E-state index contributed by atoms with van der Waals surface area (Å²) in [6.07, 6.45) is 7.39. The van der Waals surface area contributed by atoms with Gasteiger partial charge < -0.3 is 4.98 Å². The number of terminal acetylenes is 1. The number of rotatable bonds is 1. The average Bonchev–Trinajstić information content (AvgIpc) is 2.29. The van der Waals surface area contributed by atoms with Crippen molar-refractivity contribution in [1.29, 1.82) is 0 Å². The van der Waals surface area contributed by atoms with Gasteiger partial charge in [-0.2, -0.15) is 0 Å². The van der Waals surface area contributed by atoms with Gasteiger partial charge in [-0.25, -0.2) is 9.97 Å². The molecule has 0 aliphatic rings. The summed E-state index contributed by atoms with van der Waals surface area (Å²) in [6.45, 7) is 1.90. The predicted octanol–water partition coefficient (Wildman–Crippen LogP) is 1.52. The molecular formula is C11H8ClN3O. The van der Waals surface area contributed by atoms with Gasteiger partial charge in [0.25, 0.3) is 5.56 Å². The molecule has 0 aliphatic carbocycles. The first kappa shape index (κ1) is 10.7. The molecule has 2 heterocycles. The number of pyridine rings is 1. The Morgan fingerprint density at radius 3 is 3.00 bits per heavy atom. The number of aromatic amines is 1. The fourth-order valence-electron chi connectivity index (χ4n) is 1.46. The van der Waals surface area contributed by atoms with E-state index in [4.69, 9.17) is 18.0 Å². The van der Waals surface area contributed by atoms with E-state index in [0.29, 0.717) is 23.1 Å². The van der Waals surface area contributed by atoms with E-state index in [1.807, 2.05) is 6.92 Å². The van der Waals surface area contributed by atoms with E-state index in [0.717, 1.165) is 0 Å². The Labute approximate surface area is 96.7 Å². The molecule has 0 saturated carbocycles. The lowest BCUT2D eigenvalue weighted by Gasteiger charge is -2.03. The van der Waals surface area contributed by atoms with Crippen molar-refractivity contribution in [2.45, 2.75) is 13.3 Å². The van der Waals surface area contributed by atoms with Crippen LogP contribution in [0.15, 0.2) is 11.0 Å². The van der Waals surface area contributed by atoms with Crippen LogP contribution in [0.3, 0.4) is 0 Å². The van der Waals surface area contributed by atoms with E-state index in [1.54, 1.807) is 0 Å². The van der Waals surface area contributed by atoms with Crippen molar-refractivity contribution in [1.82, 2.24) is 15.0 Å². The van der Waals surface area contributed by atoms with Crippen LogP contribution in [0, 0.1) is 12.3 Å². The summed E-state index contributed by atoms with van der Waals surface area (Å²) < 4.78 is 0. The molecule has 0 spiro atoms. The normalized spacial score (nSPS) is 10.3. The maximum Gasteiger partial charge on any atom is 0.260 e. The lowest BCUT2D eigenvalue weighted by atomic mass is 10.2. The number of fused-ring (bicyclic) bond motifs is 1. The van der Waals surface area contributed by atoms with Crippen molar-refractivity contribution >= 4 is 22.5 Å². The third kappa shape index (κ3) is 1.55. The van der Waals surface area contributed by atoms with Gasteiger partial charge in [-0.3, -0.25) is 4.79 Å². The van der Waals surface area contributed by atoms with Crippen LogP contribution in [0.2, 0.25) is 5.15 Å². The van der Waals surface area contributed by atoms with E-state index in [9.17, 15) is 4.79 Å². The van der Waals surface area contributed by atoms with Crippen LogP contribution in [0.4, 0.5) is 0 Å². The molecule has 80 valence electrons.